The van der Waals surface area contributed by atoms with Gasteiger partial charge in [-0.1, -0.05) is 0 Å². The molecule has 2 nitrogen and oxygen atoms in total. The molecule has 2 rings (SSSR count). The van der Waals surface area contributed by atoms with Crippen LogP contribution in [-0.4, -0.2) is 30.7 Å². The van der Waals surface area contributed by atoms with Crippen LogP contribution in [0.1, 0.15) is 51.4 Å². The zero-order valence-corrected chi connectivity index (χ0v) is 10.6. The third-order valence-corrected chi connectivity index (χ3v) is 4.87. The van der Waals surface area contributed by atoms with Gasteiger partial charge in [-0.05, 0) is 44.9 Å². The van der Waals surface area contributed by atoms with E-state index in [2.05, 4.69) is 13.1 Å². The summed E-state index contributed by atoms with van der Waals surface area (Å²) in [6, 6.07) is 3.20. The maximum absolute atomic E-state index is 8.62. The molecule has 0 aliphatic carbocycles. The van der Waals surface area contributed by atoms with E-state index in [1.54, 1.807) is 0 Å². The SMILES string of the molecule is C[N@@+]12CCCC[C@@H]1[C@@H](CCCC#N)CCC2. The molecule has 2 aliphatic rings. The van der Waals surface area contributed by atoms with Gasteiger partial charge in [0.1, 0.15) is 0 Å². The zero-order chi connectivity index (χ0) is 11.4. The topological polar surface area (TPSA) is 23.8 Å². The van der Waals surface area contributed by atoms with Gasteiger partial charge in [-0.3, -0.25) is 0 Å². The molecule has 16 heavy (non-hydrogen) atoms. The van der Waals surface area contributed by atoms with Crippen molar-refractivity contribution in [2.75, 3.05) is 20.1 Å². The molecule has 0 bridgehead atoms. The van der Waals surface area contributed by atoms with Crippen LogP contribution in [0.4, 0.5) is 0 Å². The van der Waals surface area contributed by atoms with Crippen LogP contribution in [0.25, 0.3) is 0 Å². The lowest BCUT2D eigenvalue weighted by molar-refractivity contribution is -0.947. The van der Waals surface area contributed by atoms with Crippen LogP contribution in [0.15, 0.2) is 0 Å². The number of fused-ring (bicyclic) bond motifs is 1. The molecule has 90 valence electrons. The van der Waals surface area contributed by atoms with Gasteiger partial charge in [0, 0.05) is 12.3 Å². The molecule has 0 aromatic carbocycles. The number of nitriles is 1. The minimum Gasteiger partial charge on any atom is -0.323 e. The highest BCUT2D eigenvalue weighted by molar-refractivity contribution is 4.80. The average Bonchev–Trinajstić information content (AvgIpc) is 2.29. The van der Waals surface area contributed by atoms with Gasteiger partial charge in [0.2, 0.25) is 0 Å². The van der Waals surface area contributed by atoms with Gasteiger partial charge in [-0.15, -0.1) is 0 Å². The Labute approximate surface area is 99.8 Å². The van der Waals surface area contributed by atoms with Crippen molar-refractivity contribution in [1.82, 2.24) is 0 Å². The molecule has 0 aromatic heterocycles. The largest absolute Gasteiger partial charge is 0.323 e. The summed E-state index contributed by atoms with van der Waals surface area (Å²) in [6.45, 7) is 2.80. The van der Waals surface area contributed by atoms with Crippen molar-refractivity contribution in [3.8, 4) is 6.07 Å². The first kappa shape index (κ1) is 11.9. The normalized spacial score (nSPS) is 38.8. The average molecular weight is 221 g/mol. The van der Waals surface area contributed by atoms with Crippen molar-refractivity contribution in [1.29, 1.82) is 5.26 Å². The highest BCUT2D eigenvalue weighted by Crippen LogP contribution is 2.38. The van der Waals surface area contributed by atoms with Crippen LogP contribution in [0.5, 0.6) is 0 Å². The highest BCUT2D eigenvalue weighted by Gasteiger charge is 2.42. The highest BCUT2D eigenvalue weighted by atomic mass is 15.4. The summed E-state index contributed by atoms with van der Waals surface area (Å²) in [6.07, 6.45) is 10.3. The standard InChI is InChI=1S/C14H25N2/c1-16-11-5-3-9-14(16)13(8-6-12-16)7-2-4-10-15/h13-14H,2-9,11-12H2,1H3/q+1/t13-,14+,16-/m0/s1. The number of quaternary nitrogens is 1. The summed E-state index contributed by atoms with van der Waals surface area (Å²) >= 11 is 0. The number of nitrogens with zero attached hydrogens (tertiary/aromatic N) is 2. The molecule has 2 aliphatic heterocycles. The molecule has 0 radical (unpaired) electrons. The molecule has 2 heterocycles. The minimum absolute atomic E-state index is 0.757. The second-order valence-electron chi connectivity index (χ2n) is 5.94. The first-order valence-corrected chi connectivity index (χ1v) is 6.97. The first-order valence-electron chi connectivity index (χ1n) is 6.97. The molecule has 2 heteroatoms. The molecule has 2 saturated heterocycles. The molecule has 0 amide bonds. The van der Waals surface area contributed by atoms with E-state index in [9.17, 15) is 0 Å². The van der Waals surface area contributed by atoms with Crippen LogP contribution in [0.2, 0.25) is 0 Å². The van der Waals surface area contributed by atoms with Crippen molar-refractivity contribution >= 4 is 0 Å². The van der Waals surface area contributed by atoms with E-state index in [-0.39, 0.29) is 0 Å². The fraction of sp³-hybridized carbons (Fsp3) is 0.929. The third kappa shape index (κ3) is 2.40. The Morgan fingerprint density at radius 2 is 2.00 bits per heavy atom. The molecular formula is C14H25N2+. The van der Waals surface area contributed by atoms with Gasteiger partial charge < -0.3 is 4.48 Å². The van der Waals surface area contributed by atoms with E-state index in [0.29, 0.717) is 0 Å². The van der Waals surface area contributed by atoms with Crippen LogP contribution in [0, 0.1) is 17.2 Å². The van der Waals surface area contributed by atoms with Crippen molar-refractivity contribution in [3.05, 3.63) is 0 Å². The minimum atomic E-state index is 0.757. The van der Waals surface area contributed by atoms with Gasteiger partial charge in [-0.2, -0.15) is 5.26 Å². The number of rotatable bonds is 3. The summed E-state index contributed by atoms with van der Waals surface area (Å²) in [4.78, 5) is 0. The van der Waals surface area contributed by atoms with E-state index in [0.717, 1.165) is 24.8 Å². The Balaban J connectivity index is 1.94. The molecule has 0 N–H and O–H groups in total. The summed E-state index contributed by atoms with van der Waals surface area (Å²) in [7, 11) is 2.47. The lowest BCUT2D eigenvalue weighted by atomic mass is 9.79. The quantitative estimate of drug-likeness (QED) is 0.531. The zero-order valence-electron chi connectivity index (χ0n) is 10.6. The number of unbranched alkanes of at least 4 members (excludes halogenated alkanes) is 1. The van der Waals surface area contributed by atoms with E-state index >= 15 is 0 Å². The Hall–Kier alpha value is -0.550. The van der Waals surface area contributed by atoms with Crippen LogP contribution < -0.4 is 0 Å². The van der Waals surface area contributed by atoms with Gasteiger partial charge in [0.05, 0.1) is 32.2 Å². The Bertz CT molecular complexity index is 264. The lowest BCUT2D eigenvalue weighted by Crippen LogP contribution is -2.60. The number of hydrogen-bond acceptors (Lipinski definition) is 1. The molecule has 2 fully saturated rings. The fourth-order valence-electron chi connectivity index (χ4n) is 4.01. The van der Waals surface area contributed by atoms with E-state index in [4.69, 9.17) is 5.26 Å². The maximum Gasteiger partial charge on any atom is 0.0916 e. The summed E-state index contributed by atoms with van der Waals surface area (Å²) in [5.41, 5.74) is 0. The molecule has 3 atom stereocenters. The third-order valence-electron chi connectivity index (χ3n) is 4.87. The van der Waals surface area contributed by atoms with Crippen LogP contribution in [-0.2, 0) is 0 Å². The monoisotopic (exact) mass is 221 g/mol. The summed E-state index contributed by atoms with van der Waals surface area (Å²) < 4.78 is 1.34. The summed E-state index contributed by atoms with van der Waals surface area (Å²) in [5, 5.41) is 8.62. The van der Waals surface area contributed by atoms with Crippen molar-refractivity contribution in [2.45, 2.75) is 57.4 Å². The van der Waals surface area contributed by atoms with Crippen molar-refractivity contribution < 1.29 is 4.48 Å². The van der Waals surface area contributed by atoms with Gasteiger partial charge >= 0.3 is 0 Å². The van der Waals surface area contributed by atoms with Crippen LogP contribution in [0.3, 0.4) is 0 Å². The fourth-order valence-corrected chi connectivity index (χ4v) is 4.01. The van der Waals surface area contributed by atoms with Gasteiger partial charge in [0.15, 0.2) is 0 Å². The van der Waals surface area contributed by atoms with E-state index in [1.807, 2.05) is 0 Å². The molecule has 0 saturated carbocycles. The predicted molar refractivity (Wildman–Crippen MR) is 65.7 cm³/mol. The number of hydrogen-bond donors (Lipinski definition) is 0. The second-order valence-corrected chi connectivity index (χ2v) is 5.94. The molecule has 0 aromatic rings. The van der Waals surface area contributed by atoms with Crippen molar-refractivity contribution in [3.63, 3.8) is 0 Å². The maximum atomic E-state index is 8.62. The smallest absolute Gasteiger partial charge is 0.0916 e. The Morgan fingerprint density at radius 1 is 1.19 bits per heavy atom. The van der Waals surface area contributed by atoms with Gasteiger partial charge in [0.25, 0.3) is 0 Å². The predicted octanol–water partition coefficient (Wildman–Crippen LogP) is 3.09. The Morgan fingerprint density at radius 3 is 2.81 bits per heavy atom. The first-order chi connectivity index (χ1) is 7.76. The molecule has 0 spiro atoms. The van der Waals surface area contributed by atoms with Crippen LogP contribution >= 0.6 is 0 Å². The van der Waals surface area contributed by atoms with Gasteiger partial charge in [-0.25, -0.2) is 0 Å². The van der Waals surface area contributed by atoms with E-state index < -0.39 is 0 Å². The van der Waals surface area contributed by atoms with E-state index in [1.165, 1.54) is 56.1 Å². The number of piperidine rings is 2. The Kier molecular flexibility index (Phi) is 3.86. The summed E-state index contributed by atoms with van der Waals surface area (Å²) in [5.74, 6) is 0.910. The molecular weight excluding hydrogens is 196 g/mol. The second kappa shape index (κ2) is 5.19. The van der Waals surface area contributed by atoms with Crippen molar-refractivity contribution in [2.24, 2.45) is 5.92 Å². The molecule has 0 unspecified atom stereocenters. The lowest BCUT2D eigenvalue weighted by Gasteiger charge is -2.51.